The Kier molecular flexibility index (Phi) is 5.87. The highest BCUT2D eigenvalue weighted by molar-refractivity contribution is 6.10. The monoisotopic (exact) mass is 612 g/mol. The van der Waals surface area contributed by atoms with Crippen LogP contribution in [0, 0.1) is 0 Å². The number of hydrogen-bond donors (Lipinski definition) is 0. The fraction of sp³-hybridized carbons (Fsp3) is 0. The lowest BCUT2D eigenvalue weighted by molar-refractivity contribution is 0.620. The molecule has 0 atom stereocenters. The van der Waals surface area contributed by atoms with Gasteiger partial charge in [0.25, 0.3) is 0 Å². The Balaban J connectivity index is 1.03. The zero-order valence-corrected chi connectivity index (χ0v) is 26.0. The van der Waals surface area contributed by atoms with Crippen molar-refractivity contribution < 1.29 is 4.42 Å². The first-order valence-electron chi connectivity index (χ1n) is 16.3. The van der Waals surface area contributed by atoms with Crippen LogP contribution >= 0.6 is 0 Å². The van der Waals surface area contributed by atoms with Gasteiger partial charge in [0.15, 0.2) is 5.58 Å². The average Bonchev–Trinajstić information content (AvgIpc) is 3.74. The largest absolute Gasteiger partial charge is 0.436 e. The van der Waals surface area contributed by atoms with Gasteiger partial charge in [-0.1, -0.05) is 103 Å². The highest BCUT2D eigenvalue weighted by Crippen LogP contribution is 2.37. The van der Waals surface area contributed by atoms with Crippen molar-refractivity contribution >= 4 is 54.5 Å². The van der Waals surface area contributed by atoms with E-state index in [0.29, 0.717) is 5.89 Å². The van der Waals surface area contributed by atoms with Gasteiger partial charge in [-0.05, 0) is 111 Å². The molecular weight excluding hydrogens is 585 g/mol. The first kappa shape index (κ1) is 26.7. The molecule has 0 bridgehead atoms. The molecular formula is C45H28N2O. The molecule has 0 saturated heterocycles. The molecule has 0 aliphatic heterocycles. The molecule has 0 aliphatic rings. The van der Waals surface area contributed by atoms with E-state index in [1.165, 1.54) is 60.0 Å². The second-order valence-corrected chi connectivity index (χ2v) is 12.5. The summed E-state index contributed by atoms with van der Waals surface area (Å²) in [5, 5.41) is 7.45. The Morgan fingerprint density at radius 2 is 0.979 bits per heavy atom. The molecule has 0 N–H and O–H groups in total. The Labute approximate surface area is 277 Å². The number of fused-ring (bicyclic) bond motifs is 6. The van der Waals surface area contributed by atoms with Gasteiger partial charge in [-0.3, -0.25) is 0 Å². The maximum Gasteiger partial charge on any atom is 0.227 e. The Bertz CT molecular complexity index is 2800. The van der Waals surface area contributed by atoms with E-state index in [1.54, 1.807) is 0 Å². The summed E-state index contributed by atoms with van der Waals surface area (Å²) in [4.78, 5) is 4.67. The maximum atomic E-state index is 6.00. The number of nitrogens with zero attached hydrogens (tertiary/aromatic N) is 2. The van der Waals surface area contributed by atoms with Crippen LogP contribution in [0.25, 0.3) is 93.8 Å². The molecule has 3 nitrogen and oxygen atoms in total. The Morgan fingerprint density at radius 3 is 1.83 bits per heavy atom. The molecule has 224 valence electrons. The van der Waals surface area contributed by atoms with Gasteiger partial charge in [0.2, 0.25) is 5.89 Å². The third-order valence-electron chi connectivity index (χ3n) is 9.60. The summed E-state index contributed by atoms with van der Waals surface area (Å²) in [6, 6.07) is 60.7. The van der Waals surface area contributed by atoms with Crippen molar-refractivity contribution in [1.29, 1.82) is 0 Å². The zero-order valence-electron chi connectivity index (χ0n) is 26.0. The van der Waals surface area contributed by atoms with E-state index < -0.39 is 0 Å². The van der Waals surface area contributed by atoms with Crippen LogP contribution in [0.4, 0.5) is 0 Å². The van der Waals surface area contributed by atoms with Crippen LogP contribution < -0.4 is 0 Å². The van der Waals surface area contributed by atoms with Crippen molar-refractivity contribution in [2.75, 3.05) is 0 Å². The van der Waals surface area contributed by atoms with Gasteiger partial charge in [-0.2, -0.15) is 0 Å². The van der Waals surface area contributed by atoms with E-state index in [-0.39, 0.29) is 0 Å². The normalized spacial score (nSPS) is 11.8. The second-order valence-electron chi connectivity index (χ2n) is 12.5. The zero-order chi connectivity index (χ0) is 31.6. The molecule has 0 spiro atoms. The van der Waals surface area contributed by atoms with Gasteiger partial charge in [0.05, 0.1) is 11.0 Å². The molecule has 10 rings (SSSR count). The number of hydrogen-bond acceptors (Lipinski definition) is 2. The van der Waals surface area contributed by atoms with Crippen LogP contribution in [0.15, 0.2) is 174 Å². The molecule has 0 radical (unpaired) electrons. The van der Waals surface area contributed by atoms with Crippen molar-refractivity contribution in [3.63, 3.8) is 0 Å². The van der Waals surface area contributed by atoms with Gasteiger partial charge >= 0.3 is 0 Å². The molecule has 8 aromatic carbocycles. The van der Waals surface area contributed by atoms with Crippen LogP contribution in [0.3, 0.4) is 0 Å². The number of para-hydroxylation sites is 3. The molecule has 3 heteroatoms. The molecule has 0 fully saturated rings. The maximum absolute atomic E-state index is 6.00. The van der Waals surface area contributed by atoms with E-state index in [0.717, 1.165) is 27.9 Å². The summed E-state index contributed by atoms with van der Waals surface area (Å²) in [7, 11) is 0. The van der Waals surface area contributed by atoms with Gasteiger partial charge < -0.3 is 8.98 Å². The van der Waals surface area contributed by atoms with Crippen LogP contribution in [0.1, 0.15) is 0 Å². The number of aromatic nitrogens is 2. The summed E-state index contributed by atoms with van der Waals surface area (Å²) >= 11 is 0. The highest BCUT2D eigenvalue weighted by atomic mass is 16.3. The minimum absolute atomic E-state index is 0.640. The topological polar surface area (TPSA) is 31.0 Å². The molecule has 0 saturated carbocycles. The number of rotatable bonds is 4. The van der Waals surface area contributed by atoms with Crippen LogP contribution in [0.2, 0.25) is 0 Å². The Morgan fingerprint density at radius 1 is 0.396 bits per heavy atom. The molecule has 0 amide bonds. The average molecular weight is 613 g/mol. The van der Waals surface area contributed by atoms with E-state index in [1.807, 2.05) is 24.3 Å². The summed E-state index contributed by atoms with van der Waals surface area (Å²) in [6.45, 7) is 0. The number of oxazole rings is 1. The predicted molar refractivity (Wildman–Crippen MR) is 200 cm³/mol. The molecule has 0 unspecified atom stereocenters. The molecule has 48 heavy (non-hydrogen) atoms. The quantitative estimate of drug-likeness (QED) is 0.198. The second kappa shape index (κ2) is 10.5. The summed E-state index contributed by atoms with van der Waals surface area (Å²) in [5.41, 5.74) is 11.0. The van der Waals surface area contributed by atoms with Crippen molar-refractivity contribution in [2.24, 2.45) is 0 Å². The number of benzene rings is 8. The van der Waals surface area contributed by atoms with Gasteiger partial charge in [-0.15, -0.1) is 0 Å². The molecule has 0 aliphatic carbocycles. The lowest BCUT2D eigenvalue weighted by Gasteiger charge is -2.11. The standard InChI is InChI=1S/C45H28N2O/c1-2-8-32-25-33(18-15-29(32)7-1)34-19-20-36-27-38(23-21-35(36)26-34)47-42-11-5-3-9-39(42)40-28-37(22-24-43(40)47)30-13-16-31(17-14-30)45-46-41-10-4-6-12-44(41)48-45/h1-28H. The van der Waals surface area contributed by atoms with E-state index in [2.05, 4.69) is 155 Å². The molecule has 2 aromatic heterocycles. The van der Waals surface area contributed by atoms with Crippen LogP contribution in [-0.4, -0.2) is 9.55 Å². The highest BCUT2D eigenvalue weighted by Gasteiger charge is 2.15. The van der Waals surface area contributed by atoms with Crippen molar-refractivity contribution in [3.05, 3.63) is 170 Å². The smallest absolute Gasteiger partial charge is 0.227 e. The first-order valence-corrected chi connectivity index (χ1v) is 16.3. The van der Waals surface area contributed by atoms with Crippen molar-refractivity contribution in [1.82, 2.24) is 9.55 Å². The fourth-order valence-corrected chi connectivity index (χ4v) is 7.15. The lowest BCUT2D eigenvalue weighted by Crippen LogP contribution is -1.94. The van der Waals surface area contributed by atoms with Crippen LogP contribution in [-0.2, 0) is 0 Å². The summed E-state index contributed by atoms with van der Waals surface area (Å²) < 4.78 is 8.39. The first-order chi connectivity index (χ1) is 23.7. The van der Waals surface area contributed by atoms with E-state index in [4.69, 9.17) is 4.42 Å². The Hall–Kier alpha value is -6.45. The van der Waals surface area contributed by atoms with Crippen LogP contribution in [0.5, 0.6) is 0 Å². The molecule has 10 aromatic rings. The predicted octanol–water partition coefficient (Wildman–Crippen LogP) is 12.2. The van der Waals surface area contributed by atoms with Crippen molar-refractivity contribution in [3.8, 4) is 39.4 Å². The third kappa shape index (κ3) is 4.33. The van der Waals surface area contributed by atoms with Gasteiger partial charge in [0, 0.05) is 22.0 Å². The summed E-state index contributed by atoms with van der Waals surface area (Å²) in [5.74, 6) is 0.640. The summed E-state index contributed by atoms with van der Waals surface area (Å²) in [6.07, 6.45) is 0. The minimum Gasteiger partial charge on any atom is -0.436 e. The van der Waals surface area contributed by atoms with Gasteiger partial charge in [0.1, 0.15) is 5.52 Å². The fourth-order valence-electron chi connectivity index (χ4n) is 7.15. The molecule has 2 heterocycles. The minimum atomic E-state index is 0.640. The van der Waals surface area contributed by atoms with Gasteiger partial charge in [-0.25, -0.2) is 4.98 Å². The third-order valence-corrected chi connectivity index (χ3v) is 9.60. The van der Waals surface area contributed by atoms with E-state index >= 15 is 0 Å². The van der Waals surface area contributed by atoms with E-state index in [9.17, 15) is 0 Å². The SMILES string of the molecule is c1ccc2cc(-c3ccc4cc(-n5c6ccccc6c6cc(-c7ccc(-c8nc9ccccc9o8)cc7)ccc65)ccc4c3)ccc2c1. The van der Waals surface area contributed by atoms with Crippen molar-refractivity contribution in [2.45, 2.75) is 0 Å². The lowest BCUT2D eigenvalue weighted by atomic mass is 9.98.